The Kier molecular flexibility index (Phi) is 5.97. The van der Waals surface area contributed by atoms with E-state index in [0.717, 1.165) is 12.8 Å². The van der Waals surface area contributed by atoms with Gasteiger partial charge in [0.25, 0.3) is 0 Å². The molecule has 0 aromatic rings. The Morgan fingerprint density at radius 3 is 2.45 bits per heavy atom. The third-order valence-electron chi connectivity index (χ3n) is 2.06. The zero-order valence-corrected chi connectivity index (χ0v) is 7.93. The van der Waals surface area contributed by atoms with Crippen LogP contribution in [0.15, 0.2) is 0 Å². The summed E-state index contributed by atoms with van der Waals surface area (Å²) in [6, 6.07) is 0.711. The maximum atomic E-state index is 5.17. The molecule has 64 valence electrons. The van der Waals surface area contributed by atoms with E-state index in [9.17, 15) is 0 Å². The molecule has 0 aromatic heterocycles. The van der Waals surface area contributed by atoms with E-state index >= 15 is 0 Å². The first-order chi connectivity index (χ1) is 5.22. The molecule has 0 aliphatic heterocycles. The lowest BCUT2D eigenvalue weighted by molar-refractivity contribution is 0.268. The van der Waals surface area contributed by atoms with Crippen molar-refractivity contribution in [1.29, 1.82) is 0 Å². The molecule has 0 spiro atoms. The van der Waals surface area contributed by atoms with Gasteiger partial charge in [-0.05, 0) is 33.4 Å². The molecule has 0 saturated carbocycles. The molecule has 0 radical (unpaired) electrons. The second-order valence-corrected chi connectivity index (χ2v) is 3.12. The quantitative estimate of drug-likeness (QED) is 0.432. The molecular weight excluding hydrogens is 134 g/mol. The molecule has 0 N–H and O–H groups in total. The molecule has 0 amide bonds. The Hall–Kier alpha value is -0.480. The smallest absolute Gasteiger partial charge is 0.00868 e. The van der Waals surface area contributed by atoms with Crippen LogP contribution < -0.4 is 0 Å². The van der Waals surface area contributed by atoms with Crippen molar-refractivity contribution in [3.05, 3.63) is 0 Å². The minimum absolute atomic E-state index is 0.711. The fourth-order valence-corrected chi connectivity index (χ4v) is 1.27. The van der Waals surface area contributed by atoms with Crippen LogP contribution in [0.2, 0.25) is 0 Å². The number of terminal acetylenes is 1. The van der Waals surface area contributed by atoms with Crippen molar-refractivity contribution in [1.82, 2.24) is 4.90 Å². The van der Waals surface area contributed by atoms with Gasteiger partial charge in [0.2, 0.25) is 0 Å². The van der Waals surface area contributed by atoms with E-state index in [2.05, 4.69) is 31.8 Å². The summed E-state index contributed by atoms with van der Waals surface area (Å²) in [5, 5.41) is 0. The monoisotopic (exact) mass is 153 g/mol. The van der Waals surface area contributed by atoms with E-state index in [4.69, 9.17) is 6.42 Å². The summed E-state index contributed by atoms with van der Waals surface area (Å²) < 4.78 is 0. The van der Waals surface area contributed by atoms with Crippen molar-refractivity contribution in [2.24, 2.45) is 0 Å². The van der Waals surface area contributed by atoms with Crippen LogP contribution in [0.1, 0.15) is 32.6 Å². The average Bonchev–Trinajstić information content (AvgIpc) is 1.97. The van der Waals surface area contributed by atoms with Crippen molar-refractivity contribution in [2.45, 2.75) is 38.6 Å². The van der Waals surface area contributed by atoms with Gasteiger partial charge in [0, 0.05) is 12.5 Å². The van der Waals surface area contributed by atoms with Crippen molar-refractivity contribution in [2.75, 3.05) is 14.1 Å². The lowest BCUT2D eigenvalue weighted by Gasteiger charge is -2.22. The summed E-state index contributed by atoms with van der Waals surface area (Å²) in [6.45, 7) is 2.22. The second kappa shape index (κ2) is 6.24. The van der Waals surface area contributed by atoms with Gasteiger partial charge in [0.05, 0.1) is 0 Å². The summed E-state index contributed by atoms with van der Waals surface area (Å²) >= 11 is 0. The van der Waals surface area contributed by atoms with Crippen molar-refractivity contribution in [3.63, 3.8) is 0 Å². The fraction of sp³-hybridized carbons (Fsp3) is 0.800. The fourth-order valence-electron chi connectivity index (χ4n) is 1.27. The minimum atomic E-state index is 0.711. The topological polar surface area (TPSA) is 3.24 Å². The average molecular weight is 153 g/mol. The predicted octanol–water partition coefficient (Wildman–Crippen LogP) is 2.13. The van der Waals surface area contributed by atoms with Gasteiger partial charge in [0.15, 0.2) is 0 Å². The van der Waals surface area contributed by atoms with Gasteiger partial charge in [-0.25, -0.2) is 0 Å². The van der Waals surface area contributed by atoms with Gasteiger partial charge in [-0.2, -0.15) is 0 Å². The van der Waals surface area contributed by atoms with Crippen LogP contribution in [-0.4, -0.2) is 25.0 Å². The highest BCUT2D eigenvalue weighted by Crippen LogP contribution is 2.08. The van der Waals surface area contributed by atoms with Gasteiger partial charge >= 0.3 is 0 Å². The lowest BCUT2D eigenvalue weighted by atomic mass is 10.1. The minimum Gasteiger partial charge on any atom is -0.306 e. The van der Waals surface area contributed by atoms with E-state index in [1.165, 1.54) is 12.8 Å². The second-order valence-electron chi connectivity index (χ2n) is 3.12. The molecule has 1 heteroatoms. The van der Waals surface area contributed by atoms with Crippen LogP contribution in [-0.2, 0) is 0 Å². The molecule has 0 aliphatic carbocycles. The molecule has 1 unspecified atom stereocenters. The van der Waals surface area contributed by atoms with Gasteiger partial charge in [-0.1, -0.05) is 6.92 Å². The SMILES string of the molecule is C#CCCCC(CC)N(C)C. The van der Waals surface area contributed by atoms with E-state index in [-0.39, 0.29) is 0 Å². The first-order valence-corrected chi connectivity index (χ1v) is 4.32. The maximum absolute atomic E-state index is 5.17. The third kappa shape index (κ3) is 4.86. The van der Waals surface area contributed by atoms with E-state index in [1.807, 2.05) is 0 Å². The van der Waals surface area contributed by atoms with Crippen LogP contribution in [0.25, 0.3) is 0 Å². The lowest BCUT2D eigenvalue weighted by Crippen LogP contribution is -2.26. The van der Waals surface area contributed by atoms with Gasteiger partial charge < -0.3 is 4.90 Å². The summed E-state index contributed by atoms with van der Waals surface area (Å²) in [6.07, 6.45) is 9.70. The Morgan fingerprint density at radius 2 is 2.09 bits per heavy atom. The number of nitrogens with zero attached hydrogens (tertiary/aromatic N) is 1. The van der Waals surface area contributed by atoms with Crippen LogP contribution in [0.4, 0.5) is 0 Å². The van der Waals surface area contributed by atoms with Crippen molar-refractivity contribution < 1.29 is 0 Å². The number of rotatable bonds is 5. The predicted molar refractivity (Wildman–Crippen MR) is 50.5 cm³/mol. The Bertz CT molecular complexity index is 121. The van der Waals surface area contributed by atoms with Crippen LogP contribution >= 0.6 is 0 Å². The van der Waals surface area contributed by atoms with E-state index < -0.39 is 0 Å². The van der Waals surface area contributed by atoms with E-state index in [1.54, 1.807) is 0 Å². The standard InChI is InChI=1S/C10H19N/c1-5-7-8-9-10(6-2)11(3)4/h1,10H,6-9H2,2-4H3. The van der Waals surface area contributed by atoms with Crippen molar-refractivity contribution >= 4 is 0 Å². The van der Waals surface area contributed by atoms with Crippen molar-refractivity contribution in [3.8, 4) is 12.3 Å². The zero-order valence-electron chi connectivity index (χ0n) is 7.93. The first-order valence-electron chi connectivity index (χ1n) is 4.32. The number of unbranched alkanes of at least 4 members (excludes halogenated alkanes) is 1. The summed E-state index contributed by atoms with van der Waals surface area (Å²) in [7, 11) is 4.26. The molecule has 0 saturated heterocycles. The van der Waals surface area contributed by atoms with Crippen LogP contribution in [0, 0.1) is 12.3 Å². The molecule has 0 rings (SSSR count). The highest BCUT2D eigenvalue weighted by molar-refractivity contribution is 4.83. The Morgan fingerprint density at radius 1 is 1.45 bits per heavy atom. The molecular formula is C10H19N. The molecule has 0 bridgehead atoms. The summed E-state index contributed by atoms with van der Waals surface area (Å²) in [4.78, 5) is 2.27. The van der Waals surface area contributed by atoms with Crippen LogP contribution in [0.3, 0.4) is 0 Å². The first kappa shape index (κ1) is 10.5. The molecule has 0 aromatic carbocycles. The molecule has 1 nitrogen and oxygen atoms in total. The maximum Gasteiger partial charge on any atom is 0.00868 e. The Labute approximate surface area is 70.8 Å². The van der Waals surface area contributed by atoms with Gasteiger partial charge in [-0.15, -0.1) is 12.3 Å². The Balaban J connectivity index is 3.46. The molecule has 11 heavy (non-hydrogen) atoms. The summed E-state index contributed by atoms with van der Waals surface area (Å²) in [5.74, 6) is 2.67. The largest absolute Gasteiger partial charge is 0.306 e. The summed E-state index contributed by atoms with van der Waals surface area (Å²) in [5.41, 5.74) is 0. The number of hydrogen-bond acceptors (Lipinski definition) is 1. The number of hydrogen-bond donors (Lipinski definition) is 0. The molecule has 0 aliphatic rings. The molecule has 1 atom stereocenters. The molecule has 0 fully saturated rings. The highest BCUT2D eigenvalue weighted by Gasteiger charge is 2.06. The molecule has 0 heterocycles. The zero-order chi connectivity index (χ0) is 8.69. The third-order valence-corrected chi connectivity index (χ3v) is 2.06. The van der Waals surface area contributed by atoms with Gasteiger partial charge in [0.1, 0.15) is 0 Å². The van der Waals surface area contributed by atoms with Gasteiger partial charge in [-0.3, -0.25) is 0 Å². The van der Waals surface area contributed by atoms with Crippen LogP contribution in [0.5, 0.6) is 0 Å². The van der Waals surface area contributed by atoms with E-state index in [0.29, 0.717) is 6.04 Å². The highest BCUT2D eigenvalue weighted by atomic mass is 15.1. The normalized spacial score (nSPS) is 13.0.